The summed E-state index contributed by atoms with van der Waals surface area (Å²) in [5, 5.41) is 0. The van der Waals surface area contributed by atoms with Crippen LogP contribution in [0.1, 0.15) is 27.7 Å². The summed E-state index contributed by atoms with van der Waals surface area (Å²) < 4.78 is 33.2. The fourth-order valence-corrected chi connectivity index (χ4v) is 3.32. The Morgan fingerprint density at radius 2 is 1.95 bits per heavy atom. The number of methoxy groups -OCH3 is 1. The van der Waals surface area contributed by atoms with E-state index >= 15 is 0 Å². The van der Waals surface area contributed by atoms with Crippen molar-refractivity contribution in [1.82, 2.24) is 4.72 Å². The summed E-state index contributed by atoms with van der Waals surface area (Å²) in [6.45, 7) is 8.69. The smallest absolute Gasteiger partial charge is 0.244 e. The molecular weight excluding hydrogens is 342 g/mol. The maximum Gasteiger partial charge on any atom is 0.244 e. The molecule has 1 unspecified atom stereocenters. The van der Waals surface area contributed by atoms with Crippen LogP contribution in [0.2, 0.25) is 0 Å². The van der Waals surface area contributed by atoms with Crippen molar-refractivity contribution in [3.63, 3.8) is 0 Å². The zero-order valence-electron chi connectivity index (χ0n) is 12.5. The number of nitrogens with one attached hydrogen (secondary N) is 1. The Balaban J connectivity index is 2.98. The second-order valence-corrected chi connectivity index (χ2v) is 8.57. The summed E-state index contributed by atoms with van der Waals surface area (Å²) >= 11 is 3.28. The standard InChI is InChI=1S/C14H22BrNO3S/c1-10(14(2,3)4)9-16-20(17,18)13-8-11(15)6-7-12(13)19-5/h6-8,10,16H,9H2,1-5H3. The Hall–Kier alpha value is -0.590. The predicted octanol–water partition coefficient (Wildman–Crippen LogP) is 3.42. The third-order valence-electron chi connectivity index (χ3n) is 3.47. The fourth-order valence-electron chi connectivity index (χ4n) is 1.48. The van der Waals surface area contributed by atoms with Crippen LogP contribution in [-0.4, -0.2) is 22.1 Å². The highest BCUT2D eigenvalue weighted by atomic mass is 79.9. The molecule has 0 aliphatic rings. The maximum absolute atomic E-state index is 12.4. The molecule has 1 N–H and O–H groups in total. The second kappa shape index (κ2) is 6.45. The normalized spacial score (nSPS) is 14.1. The van der Waals surface area contributed by atoms with Crippen molar-refractivity contribution in [3.05, 3.63) is 22.7 Å². The number of hydrogen-bond acceptors (Lipinski definition) is 3. The third kappa shape index (κ3) is 4.46. The molecule has 0 aromatic heterocycles. The molecule has 0 amide bonds. The van der Waals surface area contributed by atoms with Crippen LogP contribution in [0, 0.1) is 11.3 Å². The van der Waals surface area contributed by atoms with E-state index in [0.29, 0.717) is 16.8 Å². The Labute approximate surface area is 130 Å². The number of hydrogen-bond donors (Lipinski definition) is 1. The van der Waals surface area contributed by atoms with Gasteiger partial charge < -0.3 is 4.74 Å². The number of benzene rings is 1. The molecule has 6 heteroatoms. The van der Waals surface area contributed by atoms with Crippen LogP contribution in [0.5, 0.6) is 5.75 Å². The van der Waals surface area contributed by atoms with E-state index in [1.165, 1.54) is 7.11 Å². The molecule has 0 aliphatic carbocycles. The molecule has 0 saturated heterocycles. The van der Waals surface area contributed by atoms with Crippen LogP contribution < -0.4 is 9.46 Å². The fraction of sp³-hybridized carbons (Fsp3) is 0.571. The lowest BCUT2D eigenvalue weighted by Crippen LogP contribution is -2.33. The van der Waals surface area contributed by atoms with E-state index in [0.717, 1.165) is 0 Å². The molecule has 1 atom stereocenters. The molecule has 0 heterocycles. The van der Waals surface area contributed by atoms with Gasteiger partial charge in [-0.1, -0.05) is 43.6 Å². The molecule has 1 aromatic carbocycles. The van der Waals surface area contributed by atoms with E-state index in [2.05, 4.69) is 41.4 Å². The van der Waals surface area contributed by atoms with Crippen LogP contribution in [0.25, 0.3) is 0 Å². The molecule has 114 valence electrons. The predicted molar refractivity (Wildman–Crippen MR) is 84.5 cm³/mol. The minimum Gasteiger partial charge on any atom is -0.495 e. The van der Waals surface area contributed by atoms with Crippen molar-refractivity contribution < 1.29 is 13.2 Å². The molecule has 0 fully saturated rings. The van der Waals surface area contributed by atoms with Crippen LogP contribution in [0.15, 0.2) is 27.6 Å². The van der Waals surface area contributed by atoms with Crippen LogP contribution in [0.4, 0.5) is 0 Å². The Morgan fingerprint density at radius 3 is 2.45 bits per heavy atom. The van der Waals surface area contributed by atoms with Crippen molar-refractivity contribution >= 4 is 26.0 Å². The lowest BCUT2D eigenvalue weighted by Gasteiger charge is -2.27. The van der Waals surface area contributed by atoms with E-state index in [1.807, 2.05) is 6.92 Å². The maximum atomic E-state index is 12.4. The van der Waals surface area contributed by atoms with E-state index in [9.17, 15) is 8.42 Å². The average Bonchev–Trinajstić information content (AvgIpc) is 2.34. The summed E-state index contributed by atoms with van der Waals surface area (Å²) in [5.74, 6) is 0.555. The molecule has 0 radical (unpaired) electrons. The van der Waals surface area contributed by atoms with Gasteiger partial charge >= 0.3 is 0 Å². The van der Waals surface area contributed by atoms with Gasteiger partial charge in [-0.05, 0) is 29.5 Å². The number of ether oxygens (including phenoxy) is 1. The van der Waals surface area contributed by atoms with Gasteiger partial charge in [-0.3, -0.25) is 0 Å². The number of sulfonamides is 1. The first-order valence-electron chi connectivity index (χ1n) is 6.41. The van der Waals surface area contributed by atoms with Gasteiger partial charge in [-0.2, -0.15) is 0 Å². The van der Waals surface area contributed by atoms with Crippen LogP contribution in [-0.2, 0) is 10.0 Å². The summed E-state index contributed by atoms with van der Waals surface area (Å²) in [5.41, 5.74) is 0.0455. The van der Waals surface area contributed by atoms with Gasteiger partial charge in [0.15, 0.2) is 0 Å². The molecule has 0 aliphatic heterocycles. The molecule has 0 spiro atoms. The van der Waals surface area contributed by atoms with Crippen molar-refractivity contribution in [2.45, 2.75) is 32.6 Å². The molecule has 0 bridgehead atoms. The van der Waals surface area contributed by atoms with E-state index < -0.39 is 10.0 Å². The van der Waals surface area contributed by atoms with Gasteiger partial charge in [0.05, 0.1) is 7.11 Å². The van der Waals surface area contributed by atoms with Gasteiger partial charge in [0.1, 0.15) is 10.6 Å². The molecule has 20 heavy (non-hydrogen) atoms. The lowest BCUT2D eigenvalue weighted by atomic mass is 9.82. The molecular formula is C14H22BrNO3S. The van der Waals surface area contributed by atoms with E-state index in [4.69, 9.17) is 4.74 Å². The summed E-state index contributed by atoms with van der Waals surface area (Å²) in [6.07, 6.45) is 0. The summed E-state index contributed by atoms with van der Waals surface area (Å²) in [6, 6.07) is 4.92. The quantitative estimate of drug-likeness (QED) is 0.871. The van der Waals surface area contributed by atoms with Crippen LogP contribution in [0.3, 0.4) is 0 Å². The lowest BCUT2D eigenvalue weighted by molar-refractivity contribution is 0.263. The molecule has 0 saturated carbocycles. The second-order valence-electron chi connectivity index (χ2n) is 5.91. The minimum absolute atomic E-state index is 0.0455. The topological polar surface area (TPSA) is 55.4 Å². The average molecular weight is 364 g/mol. The van der Waals surface area contributed by atoms with Gasteiger partial charge in [0.25, 0.3) is 0 Å². The highest BCUT2D eigenvalue weighted by Crippen LogP contribution is 2.28. The van der Waals surface area contributed by atoms with Gasteiger partial charge in [-0.25, -0.2) is 13.1 Å². The zero-order valence-corrected chi connectivity index (χ0v) is 14.9. The zero-order chi connectivity index (χ0) is 15.6. The van der Waals surface area contributed by atoms with E-state index in [1.54, 1.807) is 18.2 Å². The van der Waals surface area contributed by atoms with Crippen molar-refractivity contribution in [1.29, 1.82) is 0 Å². The molecule has 4 nitrogen and oxygen atoms in total. The van der Waals surface area contributed by atoms with Gasteiger partial charge in [-0.15, -0.1) is 0 Å². The van der Waals surface area contributed by atoms with Crippen molar-refractivity contribution in [2.75, 3.05) is 13.7 Å². The minimum atomic E-state index is -3.59. The summed E-state index contributed by atoms with van der Waals surface area (Å²) in [4.78, 5) is 0.149. The van der Waals surface area contributed by atoms with E-state index in [-0.39, 0.29) is 16.2 Å². The number of halogens is 1. The van der Waals surface area contributed by atoms with Crippen molar-refractivity contribution in [2.24, 2.45) is 11.3 Å². The largest absolute Gasteiger partial charge is 0.495 e. The van der Waals surface area contributed by atoms with Crippen molar-refractivity contribution in [3.8, 4) is 5.75 Å². The Bertz CT molecular complexity index is 564. The van der Waals surface area contributed by atoms with Crippen LogP contribution >= 0.6 is 15.9 Å². The Kier molecular flexibility index (Phi) is 5.63. The highest BCUT2D eigenvalue weighted by molar-refractivity contribution is 9.10. The molecule has 1 rings (SSSR count). The first-order valence-corrected chi connectivity index (χ1v) is 8.68. The third-order valence-corrected chi connectivity index (χ3v) is 5.41. The SMILES string of the molecule is COc1ccc(Br)cc1S(=O)(=O)NCC(C)C(C)(C)C. The number of rotatable bonds is 5. The molecule has 1 aromatic rings. The first kappa shape index (κ1) is 17.5. The van der Waals surface area contributed by atoms with Gasteiger partial charge in [0.2, 0.25) is 10.0 Å². The Morgan fingerprint density at radius 1 is 1.35 bits per heavy atom. The highest BCUT2D eigenvalue weighted by Gasteiger charge is 2.24. The monoisotopic (exact) mass is 363 g/mol. The first-order chi connectivity index (χ1) is 9.08. The summed E-state index contributed by atoms with van der Waals surface area (Å²) in [7, 11) is -2.13. The van der Waals surface area contributed by atoms with Gasteiger partial charge in [0, 0.05) is 11.0 Å².